The Labute approximate surface area is 57.7 Å². The Morgan fingerprint density at radius 3 is 2.22 bits per heavy atom. The lowest BCUT2D eigenvalue weighted by Crippen LogP contribution is -2.58. The lowest BCUT2D eigenvalue weighted by atomic mass is 10.6. The fourth-order valence-electron chi connectivity index (χ4n) is 0.732. The quantitative estimate of drug-likeness (QED) is 0.563. The van der Waals surface area contributed by atoms with Crippen molar-refractivity contribution in [2.24, 2.45) is 10.8 Å². The monoisotopic (exact) mass is 148 g/mol. The topological polar surface area (TPSA) is 61.3 Å². The Bertz CT molecular complexity index is 69.4. The van der Waals surface area contributed by atoms with Crippen molar-refractivity contribution in [2.75, 3.05) is 6.61 Å². The normalized spacial score (nSPS) is 12.0. The molecule has 0 aliphatic heterocycles. The predicted octanol–water partition coefficient (Wildman–Crippen LogP) is 0.289. The molecule has 0 heterocycles. The molecule has 4 heteroatoms. The molecule has 0 amide bonds. The Morgan fingerprint density at radius 1 is 1.33 bits per heavy atom. The van der Waals surface area contributed by atoms with Crippen molar-refractivity contribution in [3.63, 3.8) is 0 Å². The molecule has 0 aromatic heterocycles. The van der Waals surface area contributed by atoms with E-state index in [1.54, 1.807) is 0 Å². The molecule has 0 unspecified atom stereocenters. The molecule has 0 spiro atoms. The predicted molar refractivity (Wildman–Crippen MR) is 40.9 cm³/mol. The van der Waals surface area contributed by atoms with Crippen LogP contribution in [0.2, 0.25) is 6.04 Å². The first kappa shape index (κ1) is 9.10. The summed E-state index contributed by atoms with van der Waals surface area (Å²) in [5.41, 5.74) is 0. The first-order valence-corrected chi connectivity index (χ1v) is 5.61. The maximum absolute atomic E-state index is 5.63. The second kappa shape index (κ2) is 4.00. The molecule has 9 heavy (non-hydrogen) atoms. The third-order valence-electron chi connectivity index (χ3n) is 1.05. The minimum atomic E-state index is -2.20. The largest absolute Gasteiger partial charge is 0.392 e. The fraction of sp³-hybridized carbons (Fsp3) is 1.00. The van der Waals surface area contributed by atoms with E-state index in [0.29, 0.717) is 6.61 Å². The van der Waals surface area contributed by atoms with Crippen molar-refractivity contribution in [1.82, 2.24) is 0 Å². The Kier molecular flexibility index (Phi) is 4.04. The van der Waals surface area contributed by atoms with Crippen LogP contribution >= 0.6 is 0 Å². The van der Waals surface area contributed by atoms with Crippen LogP contribution in [0, 0.1) is 0 Å². The molecule has 0 aromatic carbocycles. The van der Waals surface area contributed by atoms with Crippen molar-refractivity contribution in [2.45, 2.75) is 26.3 Å². The van der Waals surface area contributed by atoms with Crippen LogP contribution in [-0.4, -0.2) is 15.2 Å². The summed E-state index contributed by atoms with van der Waals surface area (Å²) >= 11 is 0. The number of hydrogen-bond donors (Lipinski definition) is 2. The zero-order valence-electron chi connectivity index (χ0n) is 6.18. The van der Waals surface area contributed by atoms with Crippen molar-refractivity contribution >= 4 is 8.64 Å². The zero-order valence-corrected chi connectivity index (χ0v) is 7.18. The molecule has 4 N–H and O–H groups in total. The van der Waals surface area contributed by atoms with Gasteiger partial charge in [-0.15, -0.1) is 0 Å². The van der Waals surface area contributed by atoms with Gasteiger partial charge in [-0.3, -0.25) is 0 Å². The second-order valence-corrected chi connectivity index (χ2v) is 4.84. The molecule has 0 aliphatic rings. The minimum absolute atomic E-state index is 0.638. The number of hydrogen-bond acceptors (Lipinski definition) is 3. The van der Waals surface area contributed by atoms with Gasteiger partial charge in [0, 0.05) is 6.61 Å². The van der Waals surface area contributed by atoms with Crippen LogP contribution in [-0.2, 0) is 4.43 Å². The minimum Gasteiger partial charge on any atom is -0.392 e. The van der Waals surface area contributed by atoms with Gasteiger partial charge in [0.2, 0.25) is 0 Å². The molecular weight excluding hydrogens is 132 g/mol. The summed E-state index contributed by atoms with van der Waals surface area (Å²) in [6.45, 7) is 4.61. The molecule has 3 nitrogen and oxygen atoms in total. The highest BCUT2D eigenvalue weighted by Gasteiger charge is 2.22. The van der Waals surface area contributed by atoms with E-state index in [9.17, 15) is 0 Å². The van der Waals surface area contributed by atoms with Crippen LogP contribution in [0.1, 0.15) is 20.3 Å². The molecule has 56 valence electrons. The zero-order chi connectivity index (χ0) is 7.33. The molecule has 0 aromatic rings. The summed E-state index contributed by atoms with van der Waals surface area (Å²) < 4.78 is 5.16. The smallest absolute Gasteiger partial charge is 0.346 e. The number of rotatable bonds is 4. The molecule has 0 bridgehead atoms. The van der Waals surface area contributed by atoms with Gasteiger partial charge in [0.05, 0.1) is 0 Å². The van der Waals surface area contributed by atoms with E-state index in [-0.39, 0.29) is 0 Å². The third-order valence-corrected chi connectivity index (χ3v) is 3.16. The standard InChI is InChI=1S/C5H16N2OSi/c1-3-5-9(6,7)8-4-2/h3-7H2,1-2H3. The Hall–Kier alpha value is 0.0969. The molecule has 0 rings (SSSR count). The molecule has 0 atom stereocenters. The maximum atomic E-state index is 5.63. The summed E-state index contributed by atoms with van der Waals surface area (Å²) in [5, 5.41) is 11.3. The average Bonchev–Trinajstić information content (AvgIpc) is 1.64. The van der Waals surface area contributed by atoms with Gasteiger partial charge in [-0.05, 0) is 13.0 Å². The van der Waals surface area contributed by atoms with Gasteiger partial charge in [-0.1, -0.05) is 13.3 Å². The van der Waals surface area contributed by atoms with Crippen molar-refractivity contribution in [3.8, 4) is 0 Å². The van der Waals surface area contributed by atoms with Gasteiger partial charge in [0.1, 0.15) is 0 Å². The van der Waals surface area contributed by atoms with Crippen LogP contribution in [0.25, 0.3) is 0 Å². The summed E-state index contributed by atoms with van der Waals surface area (Å²) in [5.74, 6) is 0. The third kappa shape index (κ3) is 4.59. The number of nitrogens with two attached hydrogens (primary N) is 2. The molecule has 0 aliphatic carbocycles. The summed E-state index contributed by atoms with van der Waals surface area (Å²) in [4.78, 5) is 0. The lowest BCUT2D eigenvalue weighted by molar-refractivity contribution is 0.320. The van der Waals surface area contributed by atoms with E-state index >= 15 is 0 Å². The fourth-order valence-corrected chi connectivity index (χ4v) is 2.19. The molecule has 0 saturated carbocycles. The van der Waals surface area contributed by atoms with E-state index in [1.165, 1.54) is 0 Å². The second-order valence-electron chi connectivity index (χ2n) is 2.14. The van der Waals surface area contributed by atoms with Crippen LogP contribution in [0.3, 0.4) is 0 Å². The molecule has 0 radical (unpaired) electrons. The highest BCUT2D eigenvalue weighted by molar-refractivity contribution is 6.67. The van der Waals surface area contributed by atoms with Gasteiger partial charge in [0.15, 0.2) is 0 Å². The molecule has 0 fully saturated rings. The Morgan fingerprint density at radius 2 is 1.89 bits per heavy atom. The molecular formula is C5H16N2OSi. The van der Waals surface area contributed by atoms with Gasteiger partial charge in [-0.2, -0.15) is 0 Å². The Balaban J connectivity index is 3.43. The van der Waals surface area contributed by atoms with E-state index in [1.807, 2.05) is 6.92 Å². The van der Waals surface area contributed by atoms with Crippen molar-refractivity contribution < 1.29 is 4.43 Å². The van der Waals surface area contributed by atoms with Gasteiger partial charge in [0.25, 0.3) is 0 Å². The summed E-state index contributed by atoms with van der Waals surface area (Å²) in [7, 11) is -2.20. The van der Waals surface area contributed by atoms with Gasteiger partial charge >= 0.3 is 8.64 Å². The van der Waals surface area contributed by atoms with Crippen LogP contribution in [0.15, 0.2) is 0 Å². The van der Waals surface area contributed by atoms with Crippen molar-refractivity contribution in [3.05, 3.63) is 0 Å². The molecule has 0 saturated heterocycles. The van der Waals surface area contributed by atoms with Crippen LogP contribution < -0.4 is 10.8 Å². The van der Waals surface area contributed by atoms with E-state index in [0.717, 1.165) is 12.5 Å². The van der Waals surface area contributed by atoms with E-state index < -0.39 is 8.64 Å². The summed E-state index contributed by atoms with van der Waals surface area (Å²) in [6.07, 6.45) is 1.01. The lowest BCUT2D eigenvalue weighted by Gasteiger charge is -2.18. The van der Waals surface area contributed by atoms with E-state index in [4.69, 9.17) is 15.2 Å². The SMILES string of the molecule is CCC[Si](N)(N)OCC. The average molecular weight is 148 g/mol. The van der Waals surface area contributed by atoms with E-state index in [2.05, 4.69) is 6.92 Å². The van der Waals surface area contributed by atoms with Crippen molar-refractivity contribution in [1.29, 1.82) is 0 Å². The van der Waals surface area contributed by atoms with Crippen LogP contribution in [0.5, 0.6) is 0 Å². The summed E-state index contributed by atoms with van der Waals surface area (Å²) in [6, 6.07) is 0.848. The highest BCUT2D eigenvalue weighted by Crippen LogP contribution is 1.99. The maximum Gasteiger partial charge on any atom is 0.346 e. The highest BCUT2D eigenvalue weighted by atomic mass is 28.4. The van der Waals surface area contributed by atoms with Gasteiger partial charge in [-0.25, -0.2) is 0 Å². The first-order chi connectivity index (χ1) is 4.12. The van der Waals surface area contributed by atoms with Crippen LogP contribution in [0.4, 0.5) is 0 Å². The van der Waals surface area contributed by atoms with Gasteiger partial charge < -0.3 is 15.2 Å². The first-order valence-electron chi connectivity index (χ1n) is 3.34.